The Morgan fingerprint density at radius 3 is 2.79 bits per heavy atom. The van der Waals surface area contributed by atoms with E-state index in [0.29, 0.717) is 37.5 Å². The van der Waals surface area contributed by atoms with Crippen molar-refractivity contribution in [3.63, 3.8) is 0 Å². The van der Waals surface area contributed by atoms with E-state index < -0.39 is 0 Å². The fourth-order valence-electron chi connectivity index (χ4n) is 2.70. The van der Waals surface area contributed by atoms with Crippen LogP contribution in [0, 0.1) is 11.3 Å². The summed E-state index contributed by atoms with van der Waals surface area (Å²) in [6, 6.07) is 10.6. The quantitative estimate of drug-likeness (QED) is 0.403. The van der Waals surface area contributed by atoms with Crippen molar-refractivity contribution < 1.29 is 4.74 Å². The number of fused-ring (bicyclic) bond motifs is 1. The number of hydrogen-bond donors (Lipinski definition) is 0. The zero-order valence-corrected chi connectivity index (χ0v) is 19.4. The molecule has 0 spiro atoms. The first-order chi connectivity index (χ1) is 13.8. The average molecular weight is 539 g/mol. The third kappa shape index (κ3) is 4.69. The van der Waals surface area contributed by atoms with Gasteiger partial charge >= 0.3 is 0 Å². The molecule has 3 rings (SSSR count). The Morgan fingerprint density at radius 2 is 2.10 bits per heavy atom. The Kier molecular flexibility index (Phi) is 6.73. The SMILES string of the molecule is CC(C)c1nc2ccc(Br)cc2c(=O)n1N=Cc1cc(Cl)cc(Br)c1OCC#N. The molecule has 0 saturated heterocycles. The van der Waals surface area contributed by atoms with E-state index in [2.05, 4.69) is 41.9 Å². The van der Waals surface area contributed by atoms with Crippen molar-refractivity contribution in [3.8, 4) is 11.8 Å². The number of aromatic nitrogens is 2. The van der Waals surface area contributed by atoms with Crippen LogP contribution < -0.4 is 10.3 Å². The molecule has 148 valence electrons. The highest BCUT2D eigenvalue weighted by Gasteiger charge is 2.15. The summed E-state index contributed by atoms with van der Waals surface area (Å²) < 4.78 is 8.13. The first-order valence-electron chi connectivity index (χ1n) is 8.57. The number of rotatable bonds is 5. The second-order valence-corrected chi connectivity index (χ2v) is 8.61. The summed E-state index contributed by atoms with van der Waals surface area (Å²) in [5.41, 5.74) is 0.851. The molecule has 0 aliphatic carbocycles. The van der Waals surface area contributed by atoms with Gasteiger partial charge in [0.15, 0.2) is 6.61 Å². The maximum atomic E-state index is 13.1. The third-order valence-electron chi connectivity index (χ3n) is 3.98. The molecule has 6 nitrogen and oxygen atoms in total. The molecular weight excluding hydrogens is 524 g/mol. The van der Waals surface area contributed by atoms with Crippen molar-refractivity contribution in [2.45, 2.75) is 19.8 Å². The van der Waals surface area contributed by atoms with Crippen molar-refractivity contribution in [2.24, 2.45) is 5.10 Å². The van der Waals surface area contributed by atoms with E-state index in [1.165, 1.54) is 10.9 Å². The van der Waals surface area contributed by atoms with Crippen molar-refractivity contribution in [3.05, 3.63) is 66.0 Å². The third-order valence-corrected chi connectivity index (χ3v) is 5.28. The molecule has 0 amide bonds. The first kappa shape index (κ1) is 21.5. The second kappa shape index (κ2) is 9.08. The van der Waals surface area contributed by atoms with Gasteiger partial charge in [0.25, 0.3) is 5.56 Å². The zero-order valence-electron chi connectivity index (χ0n) is 15.5. The molecule has 0 fully saturated rings. The predicted molar refractivity (Wildman–Crippen MR) is 121 cm³/mol. The van der Waals surface area contributed by atoms with Gasteiger partial charge in [-0.2, -0.15) is 15.0 Å². The van der Waals surface area contributed by atoms with Crippen LogP contribution in [0.1, 0.15) is 31.2 Å². The first-order valence-corrected chi connectivity index (χ1v) is 10.5. The topological polar surface area (TPSA) is 80.3 Å². The van der Waals surface area contributed by atoms with Crippen molar-refractivity contribution in [1.29, 1.82) is 5.26 Å². The lowest BCUT2D eigenvalue weighted by atomic mass is 10.2. The fourth-order valence-corrected chi connectivity index (χ4v) is 4.01. The largest absolute Gasteiger partial charge is 0.477 e. The molecule has 2 aromatic carbocycles. The summed E-state index contributed by atoms with van der Waals surface area (Å²) in [6.07, 6.45) is 1.47. The Bertz CT molecular complexity index is 1220. The van der Waals surface area contributed by atoms with Gasteiger partial charge in [0.05, 0.1) is 21.6 Å². The fraction of sp³-hybridized carbons (Fsp3) is 0.200. The summed E-state index contributed by atoms with van der Waals surface area (Å²) in [7, 11) is 0. The number of ether oxygens (including phenoxy) is 1. The minimum absolute atomic E-state index is 0.0340. The molecule has 0 aliphatic heterocycles. The molecule has 3 aromatic rings. The monoisotopic (exact) mass is 536 g/mol. The van der Waals surface area contributed by atoms with Crippen molar-refractivity contribution in [1.82, 2.24) is 9.66 Å². The van der Waals surface area contributed by atoms with E-state index in [9.17, 15) is 4.79 Å². The van der Waals surface area contributed by atoms with E-state index in [-0.39, 0.29) is 18.1 Å². The van der Waals surface area contributed by atoms with Crippen LogP contribution in [0.3, 0.4) is 0 Å². The van der Waals surface area contributed by atoms with Crippen LogP contribution in [0.25, 0.3) is 10.9 Å². The highest BCUT2D eigenvalue weighted by atomic mass is 79.9. The average Bonchev–Trinajstić information content (AvgIpc) is 2.66. The molecule has 0 aliphatic rings. The summed E-state index contributed by atoms with van der Waals surface area (Å²) in [5.74, 6) is 0.908. The normalized spacial score (nSPS) is 11.3. The zero-order chi connectivity index (χ0) is 21.1. The Labute approximate surface area is 189 Å². The van der Waals surface area contributed by atoms with Gasteiger partial charge in [-0.15, -0.1) is 0 Å². The van der Waals surface area contributed by atoms with Gasteiger partial charge in [-0.25, -0.2) is 4.98 Å². The van der Waals surface area contributed by atoms with Gasteiger partial charge in [0.2, 0.25) is 0 Å². The summed E-state index contributed by atoms with van der Waals surface area (Å²) >= 11 is 12.9. The number of halogens is 3. The van der Waals surface area contributed by atoms with Gasteiger partial charge in [-0.1, -0.05) is 41.4 Å². The number of nitrogens with zero attached hydrogens (tertiary/aromatic N) is 4. The van der Waals surface area contributed by atoms with E-state index in [1.807, 2.05) is 26.0 Å². The van der Waals surface area contributed by atoms with E-state index >= 15 is 0 Å². The molecule has 0 unspecified atom stereocenters. The highest BCUT2D eigenvalue weighted by Crippen LogP contribution is 2.32. The molecule has 1 heterocycles. The van der Waals surface area contributed by atoms with Crippen LogP contribution in [0.4, 0.5) is 0 Å². The van der Waals surface area contributed by atoms with Crippen LogP contribution >= 0.6 is 43.5 Å². The van der Waals surface area contributed by atoms with Gasteiger partial charge in [0, 0.05) is 21.0 Å². The van der Waals surface area contributed by atoms with Crippen LogP contribution in [0.15, 0.2) is 49.2 Å². The molecule has 0 radical (unpaired) electrons. The molecule has 9 heteroatoms. The second-order valence-electron chi connectivity index (χ2n) is 6.40. The lowest BCUT2D eigenvalue weighted by Crippen LogP contribution is -2.23. The van der Waals surface area contributed by atoms with Crippen molar-refractivity contribution in [2.75, 3.05) is 6.61 Å². The lowest BCUT2D eigenvalue weighted by Gasteiger charge is -2.13. The maximum absolute atomic E-state index is 13.1. The summed E-state index contributed by atoms with van der Waals surface area (Å²) in [4.78, 5) is 17.7. The lowest BCUT2D eigenvalue weighted by molar-refractivity contribution is 0.365. The number of hydrogen-bond acceptors (Lipinski definition) is 5. The minimum atomic E-state index is -0.281. The molecule has 1 aromatic heterocycles. The van der Waals surface area contributed by atoms with Crippen LogP contribution in [0.5, 0.6) is 5.75 Å². The standard InChI is InChI=1S/C20H15Br2ClN4O2/c1-11(2)19-26-17-4-3-13(21)8-15(17)20(28)27(19)25-10-12-7-14(23)9-16(22)18(12)29-6-5-24/h3-4,7-11H,6H2,1-2H3. The summed E-state index contributed by atoms with van der Waals surface area (Å²) in [5, 5.41) is 14.1. The maximum Gasteiger partial charge on any atom is 0.282 e. The molecule has 0 atom stereocenters. The molecule has 0 saturated carbocycles. The van der Waals surface area contributed by atoms with E-state index in [4.69, 9.17) is 21.6 Å². The number of benzene rings is 2. The van der Waals surface area contributed by atoms with E-state index in [0.717, 1.165) is 4.47 Å². The number of nitriles is 1. The van der Waals surface area contributed by atoms with Crippen molar-refractivity contribution >= 4 is 60.6 Å². The smallest absolute Gasteiger partial charge is 0.282 e. The Morgan fingerprint density at radius 1 is 1.34 bits per heavy atom. The van der Waals surface area contributed by atoms with E-state index in [1.54, 1.807) is 24.3 Å². The highest BCUT2D eigenvalue weighted by molar-refractivity contribution is 9.10. The van der Waals surface area contributed by atoms with Gasteiger partial charge in [0.1, 0.15) is 17.6 Å². The molecular formula is C20H15Br2ClN4O2. The van der Waals surface area contributed by atoms with Crippen LogP contribution in [0.2, 0.25) is 5.02 Å². The Hall–Kier alpha value is -2.21. The van der Waals surface area contributed by atoms with Gasteiger partial charge in [-0.3, -0.25) is 4.79 Å². The van der Waals surface area contributed by atoms with Gasteiger partial charge < -0.3 is 4.74 Å². The predicted octanol–water partition coefficient (Wildman–Crippen LogP) is 5.48. The minimum Gasteiger partial charge on any atom is -0.477 e. The van der Waals surface area contributed by atoms with Gasteiger partial charge in [-0.05, 0) is 46.3 Å². The molecule has 0 N–H and O–H groups in total. The van der Waals surface area contributed by atoms with Crippen LogP contribution in [-0.2, 0) is 0 Å². The Balaban J connectivity index is 2.19. The summed E-state index contributed by atoms with van der Waals surface area (Å²) in [6.45, 7) is 3.75. The molecule has 0 bridgehead atoms. The van der Waals surface area contributed by atoms with Crippen LogP contribution in [-0.4, -0.2) is 22.5 Å². The molecule has 29 heavy (non-hydrogen) atoms.